The first kappa shape index (κ1) is 16.4. The van der Waals surface area contributed by atoms with Crippen LogP contribution in [0.15, 0.2) is 36.4 Å². The smallest absolute Gasteiger partial charge is 0.150 e. The molecule has 0 aliphatic rings. The molecule has 1 N–H and O–H groups in total. The van der Waals surface area contributed by atoms with Gasteiger partial charge in [0.25, 0.3) is 0 Å². The van der Waals surface area contributed by atoms with E-state index in [1.165, 1.54) is 0 Å². The van der Waals surface area contributed by atoms with Gasteiger partial charge in [-0.1, -0.05) is 60.8 Å². The summed E-state index contributed by atoms with van der Waals surface area (Å²) in [6.45, 7) is 4.85. The lowest BCUT2D eigenvalue weighted by Crippen LogP contribution is -2.22. The minimum absolute atomic E-state index is 0.377. The summed E-state index contributed by atoms with van der Waals surface area (Å²) in [4.78, 5) is 0. The second-order valence-electron chi connectivity index (χ2n) is 4.94. The molecule has 0 saturated heterocycles. The number of hydrogen-bond donors (Lipinski definition) is 1. The van der Waals surface area contributed by atoms with Crippen LogP contribution < -0.4 is 10.1 Å². The zero-order valence-electron chi connectivity index (χ0n) is 11.8. The van der Waals surface area contributed by atoms with Crippen molar-refractivity contribution in [2.24, 2.45) is 0 Å². The Morgan fingerprint density at radius 3 is 2.43 bits per heavy atom. The van der Waals surface area contributed by atoms with E-state index >= 15 is 0 Å². The van der Waals surface area contributed by atoms with Gasteiger partial charge in [0.05, 0.1) is 15.1 Å². The maximum Gasteiger partial charge on any atom is 0.150 e. The van der Waals surface area contributed by atoms with Crippen LogP contribution in [0.1, 0.15) is 19.4 Å². The third-order valence-corrected chi connectivity index (χ3v) is 3.90. The SMILES string of the molecule is CC(C)NCc1cccc(Cl)c1Oc1ccc(Cl)c(Cl)c1. The van der Waals surface area contributed by atoms with Gasteiger partial charge in [-0.05, 0) is 18.2 Å². The Kier molecular flexibility index (Phi) is 5.77. The van der Waals surface area contributed by atoms with Crippen molar-refractivity contribution in [3.05, 3.63) is 57.0 Å². The van der Waals surface area contributed by atoms with Crippen LogP contribution in [0.2, 0.25) is 15.1 Å². The van der Waals surface area contributed by atoms with E-state index in [9.17, 15) is 0 Å². The summed E-state index contributed by atoms with van der Waals surface area (Å²) in [6, 6.07) is 11.2. The van der Waals surface area contributed by atoms with E-state index in [1.54, 1.807) is 24.3 Å². The second kappa shape index (κ2) is 7.37. The minimum atomic E-state index is 0.377. The molecule has 2 rings (SSSR count). The van der Waals surface area contributed by atoms with E-state index in [-0.39, 0.29) is 0 Å². The van der Waals surface area contributed by atoms with Gasteiger partial charge < -0.3 is 10.1 Å². The molecule has 0 fully saturated rings. The van der Waals surface area contributed by atoms with E-state index in [0.717, 1.165) is 5.56 Å². The van der Waals surface area contributed by atoms with Crippen LogP contribution in [0, 0.1) is 0 Å². The first-order valence-corrected chi connectivity index (χ1v) is 7.74. The van der Waals surface area contributed by atoms with Crippen LogP contribution in [0.25, 0.3) is 0 Å². The zero-order chi connectivity index (χ0) is 15.4. The standard InChI is InChI=1S/C16H16Cl3NO/c1-10(2)20-9-11-4-3-5-14(18)16(11)21-12-6-7-13(17)15(19)8-12/h3-8,10,20H,9H2,1-2H3. The van der Waals surface area contributed by atoms with Gasteiger partial charge in [-0.3, -0.25) is 0 Å². The highest BCUT2D eigenvalue weighted by Crippen LogP contribution is 2.35. The molecule has 0 aliphatic carbocycles. The Hall–Kier alpha value is -0.930. The average molecular weight is 345 g/mol. The van der Waals surface area contributed by atoms with Crippen LogP contribution in [0.4, 0.5) is 0 Å². The van der Waals surface area contributed by atoms with Crippen molar-refractivity contribution in [3.63, 3.8) is 0 Å². The lowest BCUT2D eigenvalue weighted by molar-refractivity contribution is 0.470. The fourth-order valence-corrected chi connectivity index (χ4v) is 2.30. The predicted octanol–water partition coefficient (Wildman–Crippen LogP) is 5.94. The molecule has 112 valence electrons. The highest BCUT2D eigenvalue weighted by atomic mass is 35.5. The first-order valence-electron chi connectivity index (χ1n) is 6.61. The molecule has 0 aromatic heterocycles. The Morgan fingerprint density at radius 1 is 1.00 bits per heavy atom. The predicted molar refractivity (Wildman–Crippen MR) is 90.0 cm³/mol. The zero-order valence-corrected chi connectivity index (χ0v) is 14.1. The number of halogens is 3. The molecule has 5 heteroatoms. The molecule has 2 aromatic rings. The van der Waals surface area contributed by atoms with E-state index in [0.29, 0.717) is 39.2 Å². The Labute approximate surface area is 140 Å². The molecular weight excluding hydrogens is 329 g/mol. The fraction of sp³-hybridized carbons (Fsp3) is 0.250. The average Bonchev–Trinajstić information content (AvgIpc) is 2.43. The van der Waals surface area contributed by atoms with Crippen molar-refractivity contribution in [3.8, 4) is 11.5 Å². The summed E-state index contributed by atoms with van der Waals surface area (Å²) in [6.07, 6.45) is 0. The van der Waals surface area contributed by atoms with Gasteiger partial charge in [0, 0.05) is 24.2 Å². The number of rotatable bonds is 5. The summed E-state index contributed by atoms with van der Waals surface area (Å²) in [7, 11) is 0. The van der Waals surface area contributed by atoms with Crippen molar-refractivity contribution in [2.45, 2.75) is 26.4 Å². The van der Waals surface area contributed by atoms with Crippen LogP contribution in [0.5, 0.6) is 11.5 Å². The Bertz CT molecular complexity index is 629. The molecular formula is C16H16Cl3NO. The first-order chi connectivity index (χ1) is 9.97. The lowest BCUT2D eigenvalue weighted by Gasteiger charge is -2.15. The van der Waals surface area contributed by atoms with E-state index in [2.05, 4.69) is 19.2 Å². The maximum atomic E-state index is 6.25. The topological polar surface area (TPSA) is 21.3 Å². The van der Waals surface area contributed by atoms with Gasteiger partial charge in [-0.2, -0.15) is 0 Å². The molecule has 0 unspecified atom stereocenters. The molecule has 21 heavy (non-hydrogen) atoms. The third kappa shape index (κ3) is 4.52. The summed E-state index contributed by atoms with van der Waals surface area (Å²) in [5.41, 5.74) is 0.988. The monoisotopic (exact) mass is 343 g/mol. The van der Waals surface area contributed by atoms with Crippen molar-refractivity contribution in [1.29, 1.82) is 0 Å². The van der Waals surface area contributed by atoms with Crippen molar-refractivity contribution in [1.82, 2.24) is 5.32 Å². The molecule has 0 amide bonds. The van der Waals surface area contributed by atoms with Crippen molar-refractivity contribution in [2.75, 3.05) is 0 Å². The summed E-state index contributed by atoms with van der Waals surface area (Å²) >= 11 is 18.2. The van der Waals surface area contributed by atoms with Crippen LogP contribution in [0.3, 0.4) is 0 Å². The molecule has 0 atom stereocenters. The minimum Gasteiger partial charge on any atom is -0.455 e. The van der Waals surface area contributed by atoms with Gasteiger partial charge in [-0.25, -0.2) is 0 Å². The summed E-state index contributed by atoms with van der Waals surface area (Å²) in [5, 5.41) is 4.85. The number of ether oxygens (including phenoxy) is 1. The molecule has 0 heterocycles. The number of para-hydroxylation sites is 1. The van der Waals surface area contributed by atoms with Gasteiger partial charge in [0.2, 0.25) is 0 Å². The fourth-order valence-electron chi connectivity index (χ4n) is 1.78. The Morgan fingerprint density at radius 2 is 1.76 bits per heavy atom. The summed E-state index contributed by atoms with van der Waals surface area (Å²) < 4.78 is 5.89. The summed E-state index contributed by atoms with van der Waals surface area (Å²) in [5.74, 6) is 1.23. The molecule has 2 nitrogen and oxygen atoms in total. The largest absolute Gasteiger partial charge is 0.455 e. The normalized spacial score (nSPS) is 11.0. The van der Waals surface area contributed by atoms with Gasteiger partial charge in [0.15, 0.2) is 0 Å². The Balaban J connectivity index is 2.27. The van der Waals surface area contributed by atoms with Gasteiger partial charge in [-0.15, -0.1) is 0 Å². The molecule has 0 aliphatic heterocycles. The van der Waals surface area contributed by atoms with Crippen molar-refractivity contribution >= 4 is 34.8 Å². The number of benzene rings is 2. The van der Waals surface area contributed by atoms with Crippen LogP contribution >= 0.6 is 34.8 Å². The quantitative estimate of drug-likeness (QED) is 0.725. The highest BCUT2D eigenvalue weighted by molar-refractivity contribution is 6.42. The molecule has 0 spiro atoms. The van der Waals surface area contributed by atoms with Gasteiger partial charge >= 0.3 is 0 Å². The van der Waals surface area contributed by atoms with Crippen LogP contribution in [-0.2, 0) is 6.54 Å². The van der Waals surface area contributed by atoms with E-state index in [1.807, 2.05) is 12.1 Å². The van der Waals surface area contributed by atoms with E-state index in [4.69, 9.17) is 39.5 Å². The molecule has 0 bridgehead atoms. The van der Waals surface area contributed by atoms with E-state index < -0.39 is 0 Å². The lowest BCUT2D eigenvalue weighted by atomic mass is 10.2. The maximum absolute atomic E-state index is 6.25. The number of nitrogens with one attached hydrogen (secondary N) is 1. The molecule has 0 radical (unpaired) electrons. The molecule has 2 aromatic carbocycles. The van der Waals surface area contributed by atoms with Gasteiger partial charge in [0.1, 0.15) is 11.5 Å². The third-order valence-electron chi connectivity index (χ3n) is 2.86. The number of hydrogen-bond acceptors (Lipinski definition) is 2. The molecule has 0 saturated carbocycles. The highest BCUT2D eigenvalue weighted by Gasteiger charge is 2.11. The van der Waals surface area contributed by atoms with Crippen LogP contribution in [-0.4, -0.2) is 6.04 Å². The second-order valence-corrected chi connectivity index (χ2v) is 6.16. The van der Waals surface area contributed by atoms with Crippen molar-refractivity contribution < 1.29 is 4.74 Å².